The quantitative estimate of drug-likeness (QED) is 0.686. The van der Waals surface area contributed by atoms with Gasteiger partial charge in [-0.25, -0.2) is 14.4 Å². The standard InChI is InChI=1S/C22H23ClFN5O/c23-17-3-1-15-2-4-18(27-20(15)19(17)24)29-11-16(12-29)21-22(26-8-7-25-21)28-9-5-14(13-30)6-10-28/h1-4,7-8,14,16,30H,5-6,9-13H2. The summed E-state index contributed by atoms with van der Waals surface area (Å²) in [5.74, 6) is 1.85. The zero-order chi connectivity index (χ0) is 20.7. The van der Waals surface area contributed by atoms with Crippen molar-refractivity contribution in [2.24, 2.45) is 5.92 Å². The Morgan fingerprint density at radius 3 is 2.53 bits per heavy atom. The number of aromatic nitrogens is 3. The summed E-state index contributed by atoms with van der Waals surface area (Å²) in [5.41, 5.74) is 1.31. The Morgan fingerprint density at radius 2 is 1.77 bits per heavy atom. The van der Waals surface area contributed by atoms with Crippen molar-refractivity contribution in [2.75, 3.05) is 42.6 Å². The molecule has 0 spiro atoms. The minimum absolute atomic E-state index is 0.0859. The molecule has 2 aliphatic rings. The second-order valence-corrected chi connectivity index (χ2v) is 8.49. The zero-order valence-corrected chi connectivity index (χ0v) is 17.3. The van der Waals surface area contributed by atoms with Crippen molar-refractivity contribution in [3.05, 3.63) is 53.2 Å². The number of hydrogen-bond donors (Lipinski definition) is 1. The molecule has 0 radical (unpaired) electrons. The number of anilines is 2. The number of fused-ring (bicyclic) bond motifs is 1. The van der Waals surface area contributed by atoms with Crippen molar-refractivity contribution < 1.29 is 9.50 Å². The second kappa shape index (κ2) is 7.96. The third kappa shape index (κ3) is 3.46. The highest BCUT2D eigenvalue weighted by Crippen LogP contribution is 2.35. The van der Waals surface area contributed by atoms with E-state index in [0.717, 1.165) is 61.7 Å². The van der Waals surface area contributed by atoms with Crippen molar-refractivity contribution in [2.45, 2.75) is 18.8 Å². The lowest BCUT2D eigenvalue weighted by Crippen LogP contribution is -2.47. The van der Waals surface area contributed by atoms with Gasteiger partial charge in [-0.05, 0) is 37.0 Å². The molecule has 2 aliphatic heterocycles. The Balaban J connectivity index is 1.33. The third-order valence-electron chi connectivity index (χ3n) is 6.21. The maximum atomic E-state index is 14.4. The first kappa shape index (κ1) is 19.5. The normalized spacial score (nSPS) is 18.1. The molecule has 0 unspecified atom stereocenters. The molecule has 0 bridgehead atoms. The molecule has 3 aromatic rings. The van der Waals surface area contributed by atoms with Gasteiger partial charge in [0.25, 0.3) is 0 Å². The lowest BCUT2D eigenvalue weighted by atomic mass is 9.93. The molecule has 0 saturated carbocycles. The van der Waals surface area contributed by atoms with Crippen molar-refractivity contribution in [1.29, 1.82) is 0 Å². The van der Waals surface area contributed by atoms with Gasteiger partial charge in [-0.3, -0.25) is 4.98 Å². The van der Waals surface area contributed by atoms with E-state index in [4.69, 9.17) is 11.6 Å². The van der Waals surface area contributed by atoms with E-state index in [-0.39, 0.29) is 17.5 Å². The maximum Gasteiger partial charge on any atom is 0.168 e. The molecule has 2 aromatic heterocycles. The van der Waals surface area contributed by atoms with E-state index in [2.05, 4.69) is 24.8 Å². The molecular weight excluding hydrogens is 405 g/mol. The Kier molecular flexibility index (Phi) is 5.16. The molecule has 2 fully saturated rings. The van der Waals surface area contributed by atoms with Crippen LogP contribution in [0.15, 0.2) is 36.7 Å². The van der Waals surface area contributed by atoms with Gasteiger partial charge < -0.3 is 14.9 Å². The van der Waals surface area contributed by atoms with Gasteiger partial charge in [-0.15, -0.1) is 0 Å². The molecule has 2 saturated heterocycles. The van der Waals surface area contributed by atoms with Gasteiger partial charge in [0.1, 0.15) is 11.3 Å². The number of pyridine rings is 1. The molecule has 156 valence electrons. The lowest BCUT2D eigenvalue weighted by molar-refractivity contribution is 0.202. The van der Waals surface area contributed by atoms with Crippen molar-refractivity contribution in [1.82, 2.24) is 15.0 Å². The Labute approximate surface area is 179 Å². The molecule has 0 aliphatic carbocycles. The fourth-order valence-corrected chi connectivity index (χ4v) is 4.49. The molecule has 1 aromatic carbocycles. The second-order valence-electron chi connectivity index (χ2n) is 8.08. The van der Waals surface area contributed by atoms with Crippen LogP contribution in [0.2, 0.25) is 5.02 Å². The molecule has 30 heavy (non-hydrogen) atoms. The van der Waals surface area contributed by atoms with E-state index in [1.165, 1.54) is 0 Å². The summed E-state index contributed by atoms with van der Waals surface area (Å²) in [7, 11) is 0. The van der Waals surface area contributed by atoms with E-state index in [0.29, 0.717) is 11.4 Å². The summed E-state index contributed by atoms with van der Waals surface area (Å²) in [6.07, 6.45) is 5.43. The van der Waals surface area contributed by atoms with Crippen molar-refractivity contribution in [3.8, 4) is 0 Å². The molecule has 8 heteroatoms. The number of halogens is 2. The number of aliphatic hydroxyl groups excluding tert-OH is 1. The monoisotopic (exact) mass is 427 g/mol. The third-order valence-corrected chi connectivity index (χ3v) is 6.50. The molecule has 4 heterocycles. The fourth-order valence-electron chi connectivity index (χ4n) is 4.33. The van der Waals surface area contributed by atoms with Crippen LogP contribution in [-0.4, -0.2) is 52.8 Å². The Hall–Kier alpha value is -2.51. The summed E-state index contributed by atoms with van der Waals surface area (Å²) in [5, 5.41) is 10.2. The zero-order valence-electron chi connectivity index (χ0n) is 16.5. The van der Waals surface area contributed by atoms with Gasteiger partial charge >= 0.3 is 0 Å². The summed E-state index contributed by atoms with van der Waals surface area (Å²) in [4.78, 5) is 18.2. The highest BCUT2D eigenvalue weighted by Gasteiger charge is 2.34. The predicted molar refractivity (Wildman–Crippen MR) is 116 cm³/mol. The number of benzene rings is 1. The van der Waals surface area contributed by atoms with Crippen LogP contribution >= 0.6 is 11.6 Å². The molecule has 0 amide bonds. The van der Waals surface area contributed by atoms with Crippen molar-refractivity contribution in [3.63, 3.8) is 0 Å². The van der Waals surface area contributed by atoms with Gasteiger partial charge in [-0.1, -0.05) is 17.7 Å². The van der Waals surface area contributed by atoms with Crippen LogP contribution in [0.5, 0.6) is 0 Å². The van der Waals surface area contributed by atoms with Crippen LogP contribution in [0.4, 0.5) is 16.0 Å². The molecule has 5 rings (SSSR count). The maximum absolute atomic E-state index is 14.4. The number of rotatable bonds is 4. The average Bonchev–Trinajstić information content (AvgIpc) is 2.76. The van der Waals surface area contributed by atoms with Crippen LogP contribution in [0, 0.1) is 11.7 Å². The topological polar surface area (TPSA) is 65.4 Å². The van der Waals surface area contributed by atoms with Crippen LogP contribution in [-0.2, 0) is 0 Å². The number of nitrogens with zero attached hydrogens (tertiary/aromatic N) is 5. The van der Waals surface area contributed by atoms with Gasteiger partial charge in [0.2, 0.25) is 0 Å². The van der Waals surface area contributed by atoms with Crippen LogP contribution in [0.3, 0.4) is 0 Å². The SMILES string of the molecule is OCC1CCN(c2nccnc2C2CN(c3ccc4ccc(Cl)c(F)c4n3)C2)CC1. The minimum atomic E-state index is -0.476. The summed E-state index contributed by atoms with van der Waals surface area (Å²) in [6.45, 7) is 3.56. The lowest BCUT2D eigenvalue weighted by Gasteiger charge is -2.41. The summed E-state index contributed by atoms with van der Waals surface area (Å²) >= 11 is 5.92. The number of piperidine rings is 1. The van der Waals surface area contributed by atoms with E-state index in [9.17, 15) is 9.50 Å². The van der Waals surface area contributed by atoms with E-state index in [1.807, 2.05) is 12.1 Å². The Morgan fingerprint density at radius 1 is 1.03 bits per heavy atom. The highest BCUT2D eigenvalue weighted by molar-refractivity contribution is 6.31. The summed E-state index contributed by atoms with van der Waals surface area (Å²) in [6, 6.07) is 7.13. The average molecular weight is 428 g/mol. The first-order valence-corrected chi connectivity index (χ1v) is 10.7. The Bertz CT molecular complexity index is 1070. The van der Waals surface area contributed by atoms with E-state index in [1.54, 1.807) is 24.5 Å². The van der Waals surface area contributed by atoms with Gasteiger partial charge in [-0.2, -0.15) is 0 Å². The van der Waals surface area contributed by atoms with Crippen LogP contribution < -0.4 is 9.80 Å². The van der Waals surface area contributed by atoms with Crippen molar-refractivity contribution >= 4 is 34.1 Å². The number of aliphatic hydroxyl groups is 1. The molecule has 6 nitrogen and oxygen atoms in total. The summed E-state index contributed by atoms with van der Waals surface area (Å²) < 4.78 is 14.4. The van der Waals surface area contributed by atoms with Crippen LogP contribution in [0.25, 0.3) is 10.9 Å². The molecule has 1 N–H and O–H groups in total. The van der Waals surface area contributed by atoms with E-state index >= 15 is 0 Å². The van der Waals surface area contributed by atoms with Gasteiger partial charge in [0, 0.05) is 56.5 Å². The molecule has 0 atom stereocenters. The van der Waals surface area contributed by atoms with E-state index < -0.39 is 5.82 Å². The largest absolute Gasteiger partial charge is 0.396 e. The first-order valence-electron chi connectivity index (χ1n) is 10.3. The van der Waals surface area contributed by atoms with Crippen LogP contribution in [0.1, 0.15) is 24.5 Å². The highest BCUT2D eigenvalue weighted by atomic mass is 35.5. The predicted octanol–water partition coefficient (Wildman–Crippen LogP) is 3.63. The van der Waals surface area contributed by atoms with Gasteiger partial charge in [0.15, 0.2) is 11.6 Å². The fraction of sp³-hybridized carbons (Fsp3) is 0.409. The molecular formula is C22H23ClFN5O. The number of hydrogen-bond acceptors (Lipinski definition) is 6. The first-order chi connectivity index (χ1) is 14.6. The minimum Gasteiger partial charge on any atom is -0.396 e. The van der Waals surface area contributed by atoms with Gasteiger partial charge in [0.05, 0.1) is 10.7 Å². The smallest absolute Gasteiger partial charge is 0.168 e.